The van der Waals surface area contributed by atoms with Crippen LogP contribution in [0.5, 0.6) is 0 Å². The zero-order valence-electron chi connectivity index (χ0n) is 28.6. The maximum absolute atomic E-state index is 6.42. The molecule has 0 radical (unpaired) electrons. The standard InChI is InChI=1S/C49H35NO/c1-49(2)43-21-8-5-17-39(43)40-30-27-34(31-44(40)49)37-16-6-9-22-45(37)50(46-23-11-14-32-13-3-4-15-36(32)46)35-28-25-33(26-29-35)38-19-12-20-42-41-18-7-10-24-47(41)51-48(38)42/h3-31H,1-2H3. The molecule has 0 amide bonds. The third kappa shape index (κ3) is 4.57. The van der Waals surface area contributed by atoms with Gasteiger partial charge in [-0.2, -0.15) is 0 Å². The number of rotatable bonds is 5. The predicted octanol–water partition coefficient (Wildman–Crippen LogP) is 13.8. The van der Waals surface area contributed by atoms with Crippen LogP contribution in [0.4, 0.5) is 17.1 Å². The number of hydrogen-bond donors (Lipinski definition) is 0. The molecule has 1 aliphatic carbocycles. The zero-order valence-corrected chi connectivity index (χ0v) is 28.6. The highest BCUT2D eigenvalue weighted by Gasteiger charge is 2.35. The fourth-order valence-corrected chi connectivity index (χ4v) is 8.36. The summed E-state index contributed by atoms with van der Waals surface area (Å²) in [6.45, 7) is 4.70. The van der Waals surface area contributed by atoms with Gasteiger partial charge in [0.05, 0.1) is 11.4 Å². The second-order valence-electron chi connectivity index (χ2n) is 14.1. The lowest BCUT2D eigenvalue weighted by Gasteiger charge is -2.29. The molecule has 0 N–H and O–H groups in total. The maximum Gasteiger partial charge on any atom is 0.143 e. The Morgan fingerprint density at radius 1 is 0.431 bits per heavy atom. The maximum atomic E-state index is 6.42. The van der Waals surface area contributed by atoms with Crippen molar-refractivity contribution in [1.82, 2.24) is 0 Å². The molecule has 0 saturated carbocycles. The van der Waals surface area contributed by atoms with Crippen LogP contribution in [0.3, 0.4) is 0 Å². The van der Waals surface area contributed by atoms with Crippen molar-refractivity contribution in [2.75, 3.05) is 4.90 Å². The van der Waals surface area contributed by atoms with Crippen molar-refractivity contribution in [3.63, 3.8) is 0 Å². The molecule has 1 aromatic heterocycles. The Balaban J connectivity index is 1.14. The minimum atomic E-state index is -0.0786. The first kappa shape index (κ1) is 29.5. The topological polar surface area (TPSA) is 16.4 Å². The van der Waals surface area contributed by atoms with Gasteiger partial charge in [0.2, 0.25) is 0 Å². The number of para-hydroxylation sites is 3. The molecule has 2 heteroatoms. The van der Waals surface area contributed by atoms with Gasteiger partial charge in [-0.25, -0.2) is 0 Å². The van der Waals surface area contributed by atoms with Crippen LogP contribution in [0.2, 0.25) is 0 Å². The van der Waals surface area contributed by atoms with E-state index in [9.17, 15) is 0 Å². The van der Waals surface area contributed by atoms with Crippen LogP contribution in [-0.4, -0.2) is 0 Å². The summed E-state index contributed by atoms with van der Waals surface area (Å²) < 4.78 is 6.42. The Labute approximate surface area is 297 Å². The van der Waals surface area contributed by atoms with Crippen LogP contribution >= 0.6 is 0 Å². The smallest absolute Gasteiger partial charge is 0.143 e. The molecule has 0 fully saturated rings. The summed E-state index contributed by atoms with van der Waals surface area (Å²) in [5, 5.41) is 4.70. The normalized spacial score (nSPS) is 13.1. The molecule has 242 valence electrons. The van der Waals surface area contributed by atoms with Gasteiger partial charge in [0.1, 0.15) is 11.2 Å². The average Bonchev–Trinajstić information content (AvgIpc) is 3.68. The molecule has 0 unspecified atom stereocenters. The first-order chi connectivity index (χ1) is 25.1. The first-order valence-corrected chi connectivity index (χ1v) is 17.7. The number of furan rings is 1. The van der Waals surface area contributed by atoms with Crippen molar-refractivity contribution in [2.24, 2.45) is 0 Å². The predicted molar refractivity (Wildman–Crippen MR) is 214 cm³/mol. The van der Waals surface area contributed by atoms with Gasteiger partial charge in [-0.15, -0.1) is 0 Å². The van der Waals surface area contributed by atoms with Crippen LogP contribution in [-0.2, 0) is 5.41 Å². The van der Waals surface area contributed by atoms with E-state index in [1.165, 1.54) is 44.2 Å². The molecule has 1 heterocycles. The number of hydrogen-bond acceptors (Lipinski definition) is 2. The van der Waals surface area contributed by atoms with Gasteiger partial charge in [-0.1, -0.05) is 153 Å². The summed E-state index contributed by atoms with van der Waals surface area (Å²) in [6.07, 6.45) is 0. The van der Waals surface area contributed by atoms with Gasteiger partial charge in [-0.3, -0.25) is 0 Å². The Bertz CT molecular complexity index is 2780. The molecule has 0 atom stereocenters. The number of nitrogens with zero attached hydrogens (tertiary/aromatic N) is 1. The number of fused-ring (bicyclic) bond motifs is 7. The molecule has 9 aromatic rings. The van der Waals surface area contributed by atoms with E-state index in [1.807, 2.05) is 12.1 Å². The average molecular weight is 654 g/mol. The lowest BCUT2D eigenvalue weighted by Crippen LogP contribution is -2.15. The molecule has 1 aliphatic rings. The molecule has 0 spiro atoms. The Hall–Kier alpha value is -6.38. The SMILES string of the molecule is CC1(C)c2ccccc2-c2ccc(-c3ccccc3N(c3ccc(-c4cccc5c4oc4ccccc45)cc3)c3cccc4ccccc34)cc21. The van der Waals surface area contributed by atoms with Gasteiger partial charge < -0.3 is 9.32 Å². The third-order valence-corrected chi connectivity index (χ3v) is 10.9. The Kier molecular flexibility index (Phi) is 6.56. The lowest BCUT2D eigenvalue weighted by atomic mass is 9.81. The van der Waals surface area contributed by atoms with Crippen molar-refractivity contribution in [2.45, 2.75) is 19.3 Å². The van der Waals surface area contributed by atoms with E-state index in [4.69, 9.17) is 4.42 Å². The second kappa shape index (κ2) is 11.3. The molecular formula is C49H35NO. The highest BCUT2D eigenvalue weighted by molar-refractivity contribution is 6.09. The van der Waals surface area contributed by atoms with Gasteiger partial charge in [0, 0.05) is 38.4 Å². The quantitative estimate of drug-likeness (QED) is 0.184. The molecule has 51 heavy (non-hydrogen) atoms. The van der Waals surface area contributed by atoms with E-state index >= 15 is 0 Å². The van der Waals surface area contributed by atoms with Crippen molar-refractivity contribution in [3.8, 4) is 33.4 Å². The Morgan fingerprint density at radius 3 is 1.92 bits per heavy atom. The summed E-state index contributed by atoms with van der Waals surface area (Å²) in [6, 6.07) is 63.7. The number of benzene rings is 8. The fraction of sp³-hybridized carbons (Fsp3) is 0.0612. The number of anilines is 3. The molecule has 2 nitrogen and oxygen atoms in total. The van der Waals surface area contributed by atoms with Crippen molar-refractivity contribution >= 4 is 49.8 Å². The minimum Gasteiger partial charge on any atom is -0.455 e. The van der Waals surface area contributed by atoms with E-state index in [-0.39, 0.29) is 5.41 Å². The van der Waals surface area contributed by atoms with E-state index < -0.39 is 0 Å². The van der Waals surface area contributed by atoms with Gasteiger partial charge in [-0.05, 0) is 75.2 Å². The minimum absolute atomic E-state index is 0.0786. The zero-order chi connectivity index (χ0) is 34.1. The monoisotopic (exact) mass is 653 g/mol. The van der Waals surface area contributed by atoms with Crippen molar-refractivity contribution in [3.05, 3.63) is 187 Å². The van der Waals surface area contributed by atoms with Gasteiger partial charge >= 0.3 is 0 Å². The first-order valence-electron chi connectivity index (χ1n) is 17.7. The van der Waals surface area contributed by atoms with E-state index in [0.29, 0.717) is 0 Å². The van der Waals surface area contributed by atoms with E-state index in [1.54, 1.807) is 0 Å². The van der Waals surface area contributed by atoms with Crippen molar-refractivity contribution in [1.29, 1.82) is 0 Å². The molecule has 0 bridgehead atoms. The fourth-order valence-electron chi connectivity index (χ4n) is 8.36. The van der Waals surface area contributed by atoms with Gasteiger partial charge in [0.25, 0.3) is 0 Å². The largest absolute Gasteiger partial charge is 0.455 e. The highest BCUT2D eigenvalue weighted by atomic mass is 16.3. The summed E-state index contributed by atoms with van der Waals surface area (Å²) in [5.41, 5.74) is 15.2. The molecular weight excluding hydrogens is 619 g/mol. The summed E-state index contributed by atoms with van der Waals surface area (Å²) in [4.78, 5) is 2.43. The summed E-state index contributed by atoms with van der Waals surface area (Å²) >= 11 is 0. The van der Waals surface area contributed by atoms with Crippen LogP contribution in [0.25, 0.3) is 66.1 Å². The molecule has 10 rings (SSSR count). The lowest BCUT2D eigenvalue weighted by molar-refractivity contribution is 0.660. The van der Waals surface area contributed by atoms with Crippen LogP contribution in [0.15, 0.2) is 180 Å². The van der Waals surface area contributed by atoms with E-state index in [0.717, 1.165) is 50.1 Å². The summed E-state index contributed by atoms with van der Waals surface area (Å²) in [5.74, 6) is 0. The highest BCUT2D eigenvalue weighted by Crippen LogP contribution is 2.51. The van der Waals surface area contributed by atoms with E-state index in [2.05, 4.69) is 183 Å². The van der Waals surface area contributed by atoms with Crippen molar-refractivity contribution < 1.29 is 4.42 Å². The molecule has 8 aromatic carbocycles. The Morgan fingerprint density at radius 2 is 1.04 bits per heavy atom. The van der Waals surface area contributed by atoms with Crippen LogP contribution in [0.1, 0.15) is 25.0 Å². The molecule has 0 aliphatic heterocycles. The van der Waals surface area contributed by atoms with Gasteiger partial charge in [0.15, 0.2) is 0 Å². The third-order valence-electron chi connectivity index (χ3n) is 10.9. The van der Waals surface area contributed by atoms with Crippen LogP contribution in [0, 0.1) is 0 Å². The second-order valence-corrected chi connectivity index (χ2v) is 14.1. The molecule has 0 saturated heterocycles. The summed E-state index contributed by atoms with van der Waals surface area (Å²) in [7, 11) is 0. The van der Waals surface area contributed by atoms with Crippen LogP contribution < -0.4 is 4.90 Å².